The summed E-state index contributed by atoms with van der Waals surface area (Å²) in [6, 6.07) is 9.14. The molecule has 2 amide bonds. The minimum absolute atomic E-state index is 0.0251. The number of carbonyl (C=O) groups is 3. The molecule has 0 aliphatic carbocycles. The van der Waals surface area contributed by atoms with Crippen molar-refractivity contribution < 1.29 is 24.2 Å². The molecule has 0 atom stereocenters. The zero-order chi connectivity index (χ0) is 18.2. The number of carboxylic acid groups (broad SMARTS) is 1. The van der Waals surface area contributed by atoms with E-state index >= 15 is 0 Å². The molecular formula is C18H24N2O5. The molecule has 0 saturated carbocycles. The molecule has 0 aromatic heterocycles. The van der Waals surface area contributed by atoms with Crippen LogP contribution in [0.5, 0.6) is 5.75 Å². The molecule has 1 aromatic rings. The van der Waals surface area contributed by atoms with Crippen molar-refractivity contribution in [1.29, 1.82) is 0 Å². The summed E-state index contributed by atoms with van der Waals surface area (Å²) in [4.78, 5) is 38.5. The summed E-state index contributed by atoms with van der Waals surface area (Å²) in [5.41, 5.74) is 0. The van der Waals surface area contributed by atoms with Crippen LogP contribution in [0, 0.1) is 5.92 Å². The van der Waals surface area contributed by atoms with Crippen LogP contribution < -0.4 is 4.74 Å². The molecule has 0 radical (unpaired) electrons. The molecule has 25 heavy (non-hydrogen) atoms. The molecule has 1 aliphatic rings. The molecule has 1 heterocycles. The van der Waals surface area contributed by atoms with Crippen molar-refractivity contribution in [2.45, 2.75) is 19.8 Å². The quantitative estimate of drug-likeness (QED) is 0.801. The molecule has 136 valence electrons. The van der Waals surface area contributed by atoms with Crippen LogP contribution >= 0.6 is 0 Å². The normalized spacial score (nSPS) is 14.8. The lowest BCUT2D eigenvalue weighted by Gasteiger charge is -2.33. The van der Waals surface area contributed by atoms with Crippen LogP contribution in [-0.4, -0.2) is 65.5 Å². The number of hydrogen-bond acceptors (Lipinski definition) is 4. The van der Waals surface area contributed by atoms with Crippen LogP contribution in [0.1, 0.15) is 19.8 Å². The number of likely N-dealkylation sites (N-methyl/N-ethyl adjacent to an activating group) is 1. The number of hydrogen-bond donors (Lipinski definition) is 1. The SMILES string of the molecule is CCN(CC(=O)O)C(=O)C1CCN(C(=O)COc2ccccc2)CC1. The van der Waals surface area contributed by atoms with Gasteiger partial charge in [-0.1, -0.05) is 18.2 Å². The smallest absolute Gasteiger partial charge is 0.323 e. The second-order valence-corrected chi connectivity index (χ2v) is 6.00. The van der Waals surface area contributed by atoms with E-state index in [1.807, 2.05) is 18.2 Å². The largest absolute Gasteiger partial charge is 0.484 e. The average Bonchev–Trinajstić information content (AvgIpc) is 2.64. The van der Waals surface area contributed by atoms with Crippen LogP contribution in [0.25, 0.3) is 0 Å². The van der Waals surface area contributed by atoms with Crippen molar-refractivity contribution >= 4 is 17.8 Å². The summed E-state index contributed by atoms with van der Waals surface area (Å²) in [6.07, 6.45) is 1.10. The Morgan fingerprint density at radius 1 is 1.20 bits per heavy atom. The summed E-state index contributed by atoms with van der Waals surface area (Å²) in [5, 5.41) is 8.87. The number of likely N-dealkylation sites (tertiary alicyclic amines) is 1. The topological polar surface area (TPSA) is 87.2 Å². The molecule has 0 unspecified atom stereocenters. The van der Waals surface area contributed by atoms with Gasteiger partial charge in [-0.15, -0.1) is 0 Å². The van der Waals surface area contributed by atoms with E-state index in [2.05, 4.69) is 0 Å². The molecule has 7 nitrogen and oxygen atoms in total. The van der Waals surface area contributed by atoms with Gasteiger partial charge in [0.25, 0.3) is 5.91 Å². The van der Waals surface area contributed by atoms with Crippen molar-refractivity contribution in [2.24, 2.45) is 5.92 Å². The van der Waals surface area contributed by atoms with E-state index in [1.54, 1.807) is 24.0 Å². The number of para-hydroxylation sites is 1. The summed E-state index contributed by atoms with van der Waals surface area (Å²) in [5.74, 6) is -0.836. The van der Waals surface area contributed by atoms with E-state index < -0.39 is 5.97 Å². The van der Waals surface area contributed by atoms with Crippen molar-refractivity contribution in [3.63, 3.8) is 0 Å². The van der Waals surface area contributed by atoms with Gasteiger partial charge in [-0.3, -0.25) is 14.4 Å². The van der Waals surface area contributed by atoms with Gasteiger partial charge in [0.1, 0.15) is 12.3 Å². The third-order valence-corrected chi connectivity index (χ3v) is 4.32. The number of aliphatic carboxylic acids is 1. The van der Waals surface area contributed by atoms with Gasteiger partial charge in [-0.25, -0.2) is 0 Å². The Morgan fingerprint density at radius 2 is 1.84 bits per heavy atom. The van der Waals surface area contributed by atoms with E-state index in [4.69, 9.17) is 9.84 Å². The number of amides is 2. The third kappa shape index (κ3) is 5.48. The number of nitrogens with zero attached hydrogens (tertiary/aromatic N) is 2. The van der Waals surface area contributed by atoms with Gasteiger partial charge >= 0.3 is 5.97 Å². The molecule has 1 fully saturated rings. The number of benzene rings is 1. The predicted octanol–water partition coefficient (Wildman–Crippen LogP) is 1.24. The highest BCUT2D eigenvalue weighted by Gasteiger charge is 2.30. The number of carbonyl (C=O) groups excluding carboxylic acids is 2. The maximum absolute atomic E-state index is 12.4. The van der Waals surface area contributed by atoms with Crippen molar-refractivity contribution in [3.8, 4) is 5.75 Å². The van der Waals surface area contributed by atoms with E-state index in [0.29, 0.717) is 38.2 Å². The van der Waals surface area contributed by atoms with Crippen molar-refractivity contribution in [2.75, 3.05) is 32.8 Å². The van der Waals surface area contributed by atoms with Crippen molar-refractivity contribution in [3.05, 3.63) is 30.3 Å². The lowest BCUT2D eigenvalue weighted by atomic mass is 9.95. The summed E-state index contributed by atoms with van der Waals surface area (Å²) >= 11 is 0. The molecule has 0 spiro atoms. The number of rotatable bonds is 7. The minimum atomic E-state index is -1.01. The highest BCUT2D eigenvalue weighted by atomic mass is 16.5. The number of ether oxygens (including phenoxy) is 1. The molecule has 1 aliphatic heterocycles. The van der Waals surface area contributed by atoms with E-state index in [1.165, 1.54) is 4.90 Å². The first-order valence-electron chi connectivity index (χ1n) is 8.47. The number of carboxylic acids is 1. The monoisotopic (exact) mass is 348 g/mol. The fourth-order valence-electron chi connectivity index (χ4n) is 2.90. The van der Waals surface area contributed by atoms with Gasteiger partial charge in [0, 0.05) is 25.6 Å². The van der Waals surface area contributed by atoms with Gasteiger partial charge < -0.3 is 19.6 Å². The third-order valence-electron chi connectivity index (χ3n) is 4.32. The van der Waals surface area contributed by atoms with Gasteiger partial charge in [0.2, 0.25) is 5.91 Å². The fourth-order valence-corrected chi connectivity index (χ4v) is 2.90. The van der Waals surface area contributed by atoms with Gasteiger partial charge in [0.15, 0.2) is 6.61 Å². The van der Waals surface area contributed by atoms with Crippen LogP contribution in [0.4, 0.5) is 0 Å². The summed E-state index contributed by atoms with van der Waals surface area (Å²) in [7, 11) is 0. The Balaban J connectivity index is 1.79. The zero-order valence-corrected chi connectivity index (χ0v) is 14.4. The molecule has 2 rings (SSSR count). The summed E-state index contributed by atoms with van der Waals surface area (Å²) in [6.45, 7) is 2.80. The highest BCUT2D eigenvalue weighted by molar-refractivity contribution is 5.83. The zero-order valence-electron chi connectivity index (χ0n) is 14.4. The molecular weight excluding hydrogens is 324 g/mol. The summed E-state index contributed by atoms with van der Waals surface area (Å²) < 4.78 is 5.46. The Hall–Kier alpha value is -2.57. The first-order valence-corrected chi connectivity index (χ1v) is 8.47. The van der Waals surface area contributed by atoms with Gasteiger partial charge in [-0.2, -0.15) is 0 Å². The van der Waals surface area contributed by atoms with E-state index in [9.17, 15) is 14.4 Å². The molecule has 1 N–H and O–H groups in total. The second kappa shape index (κ2) is 9.05. The second-order valence-electron chi connectivity index (χ2n) is 6.00. The molecule has 1 saturated heterocycles. The average molecular weight is 348 g/mol. The van der Waals surface area contributed by atoms with Gasteiger partial charge in [-0.05, 0) is 31.9 Å². The maximum Gasteiger partial charge on any atom is 0.323 e. The van der Waals surface area contributed by atoms with Crippen LogP contribution in [0.15, 0.2) is 30.3 Å². The van der Waals surface area contributed by atoms with E-state index in [-0.39, 0.29) is 30.9 Å². The Labute approximate surface area is 147 Å². The lowest BCUT2D eigenvalue weighted by molar-refractivity contribution is -0.147. The van der Waals surface area contributed by atoms with Crippen LogP contribution in [-0.2, 0) is 14.4 Å². The highest BCUT2D eigenvalue weighted by Crippen LogP contribution is 2.20. The predicted molar refractivity (Wildman–Crippen MR) is 91.1 cm³/mol. The van der Waals surface area contributed by atoms with Crippen LogP contribution in [0.2, 0.25) is 0 Å². The van der Waals surface area contributed by atoms with Crippen molar-refractivity contribution in [1.82, 2.24) is 9.80 Å². The van der Waals surface area contributed by atoms with Crippen LogP contribution in [0.3, 0.4) is 0 Å². The minimum Gasteiger partial charge on any atom is -0.484 e. The lowest BCUT2D eigenvalue weighted by Crippen LogP contribution is -2.46. The van der Waals surface area contributed by atoms with E-state index in [0.717, 1.165) is 0 Å². The Morgan fingerprint density at radius 3 is 2.40 bits per heavy atom. The fraction of sp³-hybridized carbons (Fsp3) is 0.500. The Bertz CT molecular complexity index is 597. The molecule has 1 aromatic carbocycles. The molecule has 0 bridgehead atoms. The first kappa shape index (κ1) is 18.8. The van der Waals surface area contributed by atoms with Gasteiger partial charge in [0.05, 0.1) is 0 Å². The maximum atomic E-state index is 12.4. The number of piperidine rings is 1. The first-order chi connectivity index (χ1) is 12.0. The standard InChI is InChI=1S/C18H24N2O5/c1-2-19(12-17(22)23)18(24)14-8-10-20(11-9-14)16(21)13-25-15-6-4-3-5-7-15/h3-7,14H,2,8-13H2,1H3,(H,22,23). The molecule has 7 heteroatoms. The Kier molecular flexibility index (Phi) is 6.80.